The molecule has 3 rings (SSSR count). The number of guanidine groups is 1. The number of aromatic nitrogens is 1. The van der Waals surface area contributed by atoms with Crippen LogP contribution in [0, 0.1) is 12.8 Å². The lowest BCUT2D eigenvalue weighted by atomic mass is 9.99. The van der Waals surface area contributed by atoms with Crippen molar-refractivity contribution in [3.8, 4) is 0 Å². The third-order valence-corrected chi connectivity index (χ3v) is 6.96. The van der Waals surface area contributed by atoms with E-state index in [-0.39, 0.29) is 24.0 Å². The van der Waals surface area contributed by atoms with Crippen LogP contribution in [0.3, 0.4) is 0 Å². The van der Waals surface area contributed by atoms with E-state index in [0.29, 0.717) is 23.9 Å². The minimum absolute atomic E-state index is 0. The van der Waals surface area contributed by atoms with Crippen LogP contribution in [0.5, 0.6) is 0 Å². The molecule has 2 N–H and O–H groups in total. The Morgan fingerprint density at radius 2 is 1.75 bits per heavy atom. The number of rotatable bonds is 6. The van der Waals surface area contributed by atoms with E-state index >= 15 is 0 Å². The maximum atomic E-state index is 11.8. The van der Waals surface area contributed by atoms with Crippen molar-refractivity contribution in [1.29, 1.82) is 0 Å². The molecule has 2 heterocycles. The summed E-state index contributed by atoms with van der Waals surface area (Å²) in [6.07, 6.45) is 5.60. The first-order valence-electron chi connectivity index (χ1n) is 10.7. The van der Waals surface area contributed by atoms with Gasteiger partial charge >= 0.3 is 0 Å². The minimum Gasteiger partial charge on any atom is -0.357 e. The van der Waals surface area contributed by atoms with Gasteiger partial charge in [0.25, 0.3) is 0 Å². The summed E-state index contributed by atoms with van der Waals surface area (Å²) in [7, 11) is -1.48. The fraction of sp³-hybridized carbons (Fsp3) is 0.478. The highest BCUT2D eigenvalue weighted by molar-refractivity contribution is 14.0. The van der Waals surface area contributed by atoms with E-state index in [1.54, 1.807) is 13.1 Å². The molecule has 0 aliphatic carbocycles. The monoisotopic (exact) mass is 571 g/mol. The van der Waals surface area contributed by atoms with Crippen LogP contribution in [0.25, 0.3) is 0 Å². The Morgan fingerprint density at radius 1 is 1.12 bits per heavy atom. The summed E-state index contributed by atoms with van der Waals surface area (Å²) >= 11 is 0. The summed E-state index contributed by atoms with van der Waals surface area (Å²) in [6, 6.07) is 9.58. The van der Waals surface area contributed by atoms with Gasteiger partial charge in [-0.3, -0.25) is 4.99 Å². The fourth-order valence-electron chi connectivity index (χ4n) is 3.78. The number of anilines is 1. The largest absolute Gasteiger partial charge is 0.357 e. The second-order valence-electron chi connectivity index (χ2n) is 8.35. The summed E-state index contributed by atoms with van der Waals surface area (Å²) in [5, 5.41) is 6.57. The zero-order valence-electron chi connectivity index (χ0n) is 19.3. The molecule has 176 valence electrons. The van der Waals surface area contributed by atoms with Gasteiger partial charge in [-0.1, -0.05) is 25.1 Å². The molecular formula is C23H34IN5O2S. The van der Waals surface area contributed by atoms with Gasteiger partial charge in [0.05, 0.1) is 4.90 Å². The zero-order chi connectivity index (χ0) is 22.4. The second-order valence-corrected chi connectivity index (χ2v) is 10.3. The van der Waals surface area contributed by atoms with Crippen LogP contribution >= 0.6 is 24.0 Å². The smallest absolute Gasteiger partial charge is 0.191 e. The van der Waals surface area contributed by atoms with Crippen molar-refractivity contribution < 1.29 is 8.42 Å². The van der Waals surface area contributed by atoms with Crippen molar-refractivity contribution in [2.45, 2.75) is 44.7 Å². The van der Waals surface area contributed by atoms with Gasteiger partial charge in [0.15, 0.2) is 15.8 Å². The molecule has 1 aromatic carbocycles. The summed E-state index contributed by atoms with van der Waals surface area (Å²) in [6.45, 7) is 7.45. The maximum absolute atomic E-state index is 11.8. The van der Waals surface area contributed by atoms with Crippen molar-refractivity contribution in [2.24, 2.45) is 10.9 Å². The van der Waals surface area contributed by atoms with Gasteiger partial charge in [0, 0.05) is 45.7 Å². The maximum Gasteiger partial charge on any atom is 0.191 e. The van der Waals surface area contributed by atoms with Crippen LogP contribution < -0.4 is 15.5 Å². The standard InChI is InChI=1S/C23H33N5O2S.HI/c1-17-9-11-28(12-10-17)22-8-6-20(15-25-22)16-27-23(24-3)26-14-19-5-7-21(18(2)13-19)31(4,29)30;/h5-8,13,15,17H,9-12,14,16H2,1-4H3,(H2,24,26,27);1H. The second kappa shape index (κ2) is 11.8. The third kappa shape index (κ3) is 7.33. The van der Waals surface area contributed by atoms with Crippen LogP contribution in [0.4, 0.5) is 5.82 Å². The first-order valence-corrected chi connectivity index (χ1v) is 12.6. The Balaban J connectivity index is 0.00000363. The molecule has 1 fully saturated rings. The Bertz CT molecular complexity index is 1020. The number of hydrogen-bond acceptors (Lipinski definition) is 5. The summed E-state index contributed by atoms with van der Waals surface area (Å²) < 4.78 is 23.5. The molecule has 1 aliphatic rings. The van der Waals surface area contributed by atoms with Crippen LogP contribution in [0.1, 0.15) is 36.5 Å². The van der Waals surface area contributed by atoms with E-state index in [2.05, 4.69) is 44.6 Å². The molecule has 0 amide bonds. The van der Waals surface area contributed by atoms with E-state index in [9.17, 15) is 8.42 Å². The summed E-state index contributed by atoms with van der Waals surface area (Å²) in [5.74, 6) is 2.53. The van der Waals surface area contributed by atoms with Crippen LogP contribution in [-0.2, 0) is 22.9 Å². The lowest BCUT2D eigenvalue weighted by Gasteiger charge is -2.31. The van der Waals surface area contributed by atoms with Gasteiger partial charge in [0.2, 0.25) is 0 Å². The number of pyridine rings is 1. The molecule has 0 unspecified atom stereocenters. The number of aliphatic imine (C=N–C) groups is 1. The van der Waals surface area contributed by atoms with Crippen molar-refractivity contribution >= 4 is 45.6 Å². The molecule has 1 saturated heterocycles. The Kier molecular flexibility index (Phi) is 9.75. The number of piperidine rings is 1. The number of sulfone groups is 1. The van der Waals surface area contributed by atoms with Gasteiger partial charge in [-0.15, -0.1) is 24.0 Å². The normalized spacial score (nSPS) is 15.2. The Hall–Kier alpha value is -1.88. The highest BCUT2D eigenvalue weighted by atomic mass is 127. The van der Waals surface area contributed by atoms with Crippen LogP contribution in [0.2, 0.25) is 0 Å². The lowest BCUT2D eigenvalue weighted by Crippen LogP contribution is -2.36. The molecule has 9 heteroatoms. The molecule has 0 bridgehead atoms. The quantitative estimate of drug-likeness (QED) is 0.314. The fourth-order valence-corrected chi connectivity index (χ4v) is 4.73. The molecule has 0 atom stereocenters. The zero-order valence-corrected chi connectivity index (χ0v) is 22.4. The van der Waals surface area contributed by atoms with E-state index in [1.807, 2.05) is 25.3 Å². The molecule has 7 nitrogen and oxygen atoms in total. The van der Waals surface area contributed by atoms with Gasteiger partial charge in [0.1, 0.15) is 5.82 Å². The number of aryl methyl sites for hydroxylation is 1. The topological polar surface area (TPSA) is 86.7 Å². The summed E-state index contributed by atoms with van der Waals surface area (Å²) in [4.78, 5) is 11.6. The molecule has 0 spiro atoms. The Morgan fingerprint density at radius 3 is 2.28 bits per heavy atom. The molecular weight excluding hydrogens is 537 g/mol. The SMILES string of the molecule is CN=C(NCc1ccc(N2CCC(C)CC2)nc1)NCc1ccc(S(C)(=O)=O)c(C)c1.I. The first-order chi connectivity index (χ1) is 14.8. The predicted molar refractivity (Wildman–Crippen MR) is 142 cm³/mol. The lowest BCUT2D eigenvalue weighted by molar-refractivity contribution is 0.436. The highest BCUT2D eigenvalue weighted by Crippen LogP contribution is 2.21. The van der Waals surface area contributed by atoms with Gasteiger partial charge in [-0.05, 0) is 54.5 Å². The number of hydrogen-bond donors (Lipinski definition) is 2. The van der Waals surface area contributed by atoms with Crippen molar-refractivity contribution in [3.05, 3.63) is 53.2 Å². The van der Waals surface area contributed by atoms with Crippen molar-refractivity contribution in [1.82, 2.24) is 15.6 Å². The van der Waals surface area contributed by atoms with Gasteiger partial charge in [-0.2, -0.15) is 0 Å². The van der Waals surface area contributed by atoms with Gasteiger partial charge in [-0.25, -0.2) is 13.4 Å². The average Bonchev–Trinajstić information content (AvgIpc) is 2.74. The molecule has 2 aromatic rings. The predicted octanol–water partition coefficient (Wildman–Crippen LogP) is 3.51. The minimum atomic E-state index is -3.20. The third-order valence-electron chi connectivity index (χ3n) is 5.70. The number of nitrogens with zero attached hydrogens (tertiary/aromatic N) is 3. The molecule has 0 radical (unpaired) electrons. The number of benzene rings is 1. The molecule has 32 heavy (non-hydrogen) atoms. The van der Waals surface area contributed by atoms with E-state index in [1.165, 1.54) is 19.1 Å². The van der Waals surface area contributed by atoms with E-state index in [4.69, 9.17) is 0 Å². The number of halogens is 1. The molecule has 0 saturated carbocycles. The van der Waals surface area contributed by atoms with E-state index in [0.717, 1.165) is 41.5 Å². The van der Waals surface area contributed by atoms with Crippen molar-refractivity contribution in [2.75, 3.05) is 31.3 Å². The van der Waals surface area contributed by atoms with Crippen LogP contribution in [0.15, 0.2) is 46.4 Å². The average molecular weight is 572 g/mol. The first kappa shape index (κ1) is 26.4. The van der Waals surface area contributed by atoms with Crippen molar-refractivity contribution in [3.63, 3.8) is 0 Å². The number of nitrogens with one attached hydrogen (secondary N) is 2. The Labute approximate surface area is 209 Å². The summed E-state index contributed by atoms with van der Waals surface area (Å²) in [5.41, 5.74) is 2.83. The molecule has 1 aromatic heterocycles. The highest BCUT2D eigenvalue weighted by Gasteiger charge is 2.16. The molecule has 1 aliphatic heterocycles. The van der Waals surface area contributed by atoms with Crippen LogP contribution in [-0.4, -0.2) is 45.8 Å². The van der Waals surface area contributed by atoms with Gasteiger partial charge < -0.3 is 15.5 Å². The van der Waals surface area contributed by atoms with E-state index < -0.39 is 9.84 Å².